The number of hydrogen-bond acceptors (Lipinski definition) is 11. The summed E-state index contributed by atoms with van der Waals surface area (Å²) in [6.07, 6.45) is -9.65. The average molecular weight is 719 g/mol. The highest BCUT2D eigenvalue weighted by Gasteiger charge is 2.51. The van der Waals surface area contributed by atoms with Crippen LogP contribution in [0.1, 0.15) is 41.2 Å². The maximum Gasteiger partial charge on any atom is 0.490 e. The normalized spacial score (nSPS) is 21.9. The first kappa shape index (κ1) is 35.2. The standard InChI is InChI=1S/C37H37F3N6O6/c1-50-26-14-12-22(13-15-26)25-16-17-45(19-25)36-43-32(41-18-27(23-8-4-2-5-9-23)24-10-6-3-7-11-24)29-33(44-36)46(21-42-29)34-31(30(48)28(20-47)51-34)52-35(49)37(38,39)40/h2-15,21,25,27-28,30-31,34,47-48H,16-20H2,1H3,(H,41,43,44)/t25?,28-,30-,31-,34-/m1/s1. The van der Waals surface area contributed by atoms with Crippen LogP contribution >= 0.6 is 0 Å². The number of aliphatic hydroxyl groups excluding tert-OH is 2. The molecule has 0 amide bonds. The van der Waals surface area contributed by atoms with Gasteiger partial charge in [0.2, 0.25) is 5.95 Å². The highest BCUT2D eigenvalue weighted by Crippen LogP contribution is 2.38. The van der Waals surface area contributed by atoms with E-state index in [1.807, 2.05) is 89.8 Å². The van der Waals surface area contributed by atoms with Crippen LogP contribution in [-0.4, -0.2) is 93.5 Å². The van der Waals surface area contributed by atoms with Crippen molar-refractivity contribution in [2.45, 2.75) is 49.0 Å². The van der Waals surface area contributed by atoms with Gasteiger partial charge < -0.3 is 34.6 Å². The largest absolute Gasteiger partial charge is 0.497 e. The van der Waals surface area contributed by atoms with Crippen LogP contribution in [0.2, 0.25) is 0 Å². The van der Waals surface area contributed by atoms with E-state index in [4.69, 9.17) is 24.2 Å². The van der Waals surface area contributed by atoms with E-state index in [0.29, 0.717) is 31.4 Å². The van der Waals surface area contributed by atoms with Gasteiger partial charge in [-0.05, 0) is 35.2 Å². The Labute approximate surface area is 296 Å². The van der Waals surface area contributed by atoms with Crippen LogP contribution in [0.5, 0.6) is 5.75 Å². The third-order valence-corrected chi connectivity index (χ3v) is 9.59. The van der Waals surface area contributed by atoms with Gasteiger partial charge in [0, 0.05) is 31.5 Å². The van der Waals surface area contributed by atoms with Gasteiger partial charge in [0.25, 0.3) is 0 Å². The Balaban J connectivity index is 1.27. The van der Waals surface area contributed by atoms with E-state index in [2.05, 4.69) is 10.3 Å². The Morgan fingerprint density at radius 1 is 1.02 bits per heavy atom. The average Bonchev–Trinajstić information content (AvgIpc) is 3.90. The van der Waals surface area contributed by atoms with Crippen molar-refractivity contribution in [1.29, 1.82) is 0 Å². The molecule has 4 heterocycles. The minimum Gasteiger partial charge on any atom is -0.497 e. The second-order valence-electron chi connectivity index (χ2n) is 12.8. The third-order valence-electron chi connectivity index (χ3n) is 9.59. The fraction of sp³-hybridized carbons (Fsp3) is 0.351. The van der Waals surface area contributed by atoms with Crippen LogP contribution in [-0.2, 0) is 14.3 Å². The summed E-state index contributed by atoms with van der Waals surface area (Å²) < 4.78 is 57.0. The van der Waals surface area contributed by atoms with Gasteiger partial charge in [-0.15, -0.1) is 0 Å². The maximum atomic E-state index is 13.3. The minimum atomic E-state index is -5.32. The Morgan fingerprint density at radius 3 is 2.31 bits per heavy atom. The highest BCUT2D eigenvalue weighted by molar-refractivity contribution is 5.84. The number of ether oxygens (including phenoxy) is 3. The molecule has 2 aliphatic rings. The van der Waals surface area contributed by atoms with Crippen molar-refractivity contribution in [3.8, 4) is 5.75 Å². The molecule has 2 fully saturated rings. The van der Waals surface area contributed by atoms with Gasteiger partial charge in [0.15, 0.2) is 29.3 Å². The predicted octanol–water partition coefficient (Wildman–Crippen LogP) is 4.80. The Kier molecular flexibility index (Phi) is 9.99. The number of halogens is 3. The van der Waals surface area contributed by atoms with Crippen LogP contribution in [0.4, 0.5) is 24.9 Å². The number of alkyl halides is 3. The van der Waals surface area contributed by atoms with Gasteiger partial charge in [0.05, 0.1) is 20.0 Å². The summed E-state index contributed by atoms with van der Waals surface area (Å²) in [7, 11) is 1.61. The smallest absolute Gasteiger partial charge is 0.490 e. The van der Waals surface area contributed by atoms with Crippen molar-refractivity contribution in [3.63, 3.8) is 0 Å². The molecular weight excluding hydrogens is 681 g/mol. The van der Waals surface area contributed by atoms with E-state index in [1.165, 1.54) is 10.9 Å². The fourth-order valence-corrected chi connectivity index (χ4v) is 6.85. The number of fused-ring (bicyclic) bond motifs is 1. The number of rotatable bonds is 11. The van der Waals surface area contributed by atoms with E-state index < -0.39 is 43.3 Å². The first-order valence-electron chi connectivity index (χ1n) is 16.8. The van der Waals surface area contributed by atoms with Gasteiger partial charge in [0.1, 0.15) is 18.0 Å². The molecule has 12 nitrogen and oxygen atoms in total. The molecule has 0 radical (unpaired) electrons. The summed E-state index contributed by atoms with van der Waals surface area (Å²) in [6.45, 7) is 0.860. The maximum absolute atomic E-state index is 13.3. The molecule has 0 aliphatic carbocycles. The summed E-state index contributed by atoms with van der Waals surface area (Å²) in [6, 6.07) is 27.8. The number of imidazole rings is 1. The molecule has 15 heteroatoms. The summed E-state index contributed by atoms with van der Waals surface area (Å²) in [5.41, 5.74) is 3.70. The first-order valence-corrected chi connectivity index (χ1v) is 16.8. The van der Waals surface area contributed by atoms with Crippen LogP contribution in [0.15, 0.2) is 91.3 Å². The lowest BCUT2D eigenvalue weighted by Crippen LogP contribution is -2.40. The van der Waals surface area contributed by atoms with Gasteiger partial charge in [-0.2, -0.15) is 23.1 Å². The molecule has 2 saturated heterocycles. The second kappa shape index (κ2) is 14.8. The summed E-state index contributed by atoms with van der Waals surface area (Å²) in [4.78, 5) is 28.2. The molecular formula is C37H37F3N6O6. The Hall–Kier alpha value is -5.25. The molecule has 5 atom stereocenters. The van der Waals surface area contributed by atoms with Crippen molar-refractivity contribution in [2.75, 3.05) is 43.6 Å². The number of carbonyl (C=O) groups is 1. The Bertz CT molecular complexity index is 1940. The third kappa shape index (κ3) is 7.11. The molecule has 3 aromatic carbocycles. The number of aliphatic hydroxyl groups is 2. The number of aromatic nitrogens is 4. The molecule has 2 aromatic heterocycles. The SMILES string of the molecule is COc1ccc(C2CCN(c3nc(NCC(c4ccccc4)c4ccccc4)c4ncn([C@@H]5O[C@H](CO)[C@@H](O)[C@H]5OC(=O)C(F)(F)F)c4n3)C2)cc1. The summed E-state index contributed by atoms with van der Waals surface area (Å²) in [5, 5.41) is 24.1. The van der Waals surface area contributed by atoms with Gasteiger partial charge in [-0.25, -0.2) is 9.78 Å². The van der Waals surface area contributed by atoms with E-state index in [9.17, 15) is 28.2 Å². The van der Waals surface area contributed by atoms with Crippen LogP contribution in [0.25, 0.3) is 11.2 Å². The molecule has 0 spiro atoms. The zero-order valence-corrected chi connectivity index (χ0v) is 28.1. The molecule has 272 valence electrons. The monoisotopic (exact) mass is 718 g/mol. The quantitative estimate of drug-likeness (QED) is 0.162. The van der Waals surface area contributed by atoms with Gasteiger partial charge >= 0.3 is 12.1 Å². The van der Waals surface area contributed by atoms with E-state index in [1.54, 1.807) is 7.11 Å². The topological polar surface area (TPSA) is 144 Å². The lowest BCUT2D eigenvalue weighted by atomic mass is 9.91. The lowest BCUT2D eigenvalue weighted by molar-refractivity contribution is -0.211. The minimum absolute atomic E-state index is 0.0889. The highest BCUT2D eigenvalue weighted by atomic mass is 19.4. The zero-order chi connectivity index (χ0) is 36.4. The molecule has 7 rings (SSSR count). The Morgan fingerprint density at radius 2 is 1.69 bits per heavy atom. The predicted molar refractivity (Wildman–Crippen MR) is 184 cm³/mol. The fourth-order valence-electron chi connectivity index (χ4n) is 6.85. The molecule has 0 saturated carbocycles. The molecule has 5 aromatic rings. The number of anilines is 2. The molecule has 3 N–H and O–H groups in total. The molecule has 0 bridgehead atoms. The summed E-state index contributed by atoms with van der Waals surface area (Å²) >= 11 is 0. The van der Waals surface area contributed by atoms with Crippen molar-refractivity contribution >= 4 is 28.9 Å². The number of nitrogens with one attached hydrogen (secondary N) is 1. The number of carbonyl (C=O) groups excluding carboxylic acids is 1. The number of methoxy groups -OCH3 is 1. The number of nitrogens with zero attached hydrogens (tertiary/aromatic N) is 5. The lowest BCUT2D eigenvalue weighted by Gasteiger charge is -2.23. The van der Waals surface area contributed by atoms with Crippen molar-refractivity contribution in [2.24, 2.45) is 0 Å². The number of esters is 1. The first-order chi connectivity index (χ1) is 25.1. The number of hydrogen-bond donors (Lipinski definition) is 3. The molecule has 52 heavy (non-hydrogen) atoms. The van der Waals surface area contributed by atoms with Crippen LogP contribution < -0.4 is 15.0 Å². The second-order valence-corrected chi connectivity index (χ2v) is 12.8. The molecule has 1 unspecified atom stereocenters. The van der Waals surface area contributed by atoms with E-state index in [-0.39, 0.29) is 23.0 Å². The van der Waals surface area contributed by atoms with Crippen LogP contribution in [0, 0.1) is 0 Å². The van der Waals surface area contributed by atoms with Crippen molar-refractivity contribution in [3.05, 3.63) is 108 Å². The summed E-state index contributed by atoms with van der Waals surface area (Å²) in [5.74, 6) is -0.969. The van der Waals surface area contributed by atoms with E-state index in [0.717, 1.165) is 28.9 Å². The van der Waals surface area contributed by atoms with E-state index >= 15 is 0 Å². The van der Waals surface area contributed by atoms with Gasteiger partial charge in [-0.3, -0.25) is 4.57 Å². The zero-order valence-electron chi connectivity index (χ0n) is 28.1. The molecule has 2 aliphatic heterocycles. The van der Waals surface area contributed by atoms with Gasteiger partial charge in [-0.1, -0.05) is 72.8 Å². The van der Waals surface area contributed by atoms with Crippen LogP contribution in [0.3, 0.4) is 0 Å². The van der Waals surface area contributed by atoms with Crippen molar-refractivity contribution in [1.82, 2.24) is 19.5 Å². The van der Waals surface area contributed by atoms with Crippen molar-refractivity contribution < 1.29 is 42.4 Å². The number of benzene rings is 3.